The Morgan fingerprint density at radius 3 is 2.59 bits per heavy atom. The molecule has 0 aliphatic heterocycles. The number of rotatable bonds is 2. The lowest BCUT2D eigenvalue weighted by atomic mass is 10.2. The Hall–Kier alpha value is -2.23. The zero-order valence-corrected chi connectivity index (χ0v) is 9.77. The van der Waals surface area contributed by atoms with Crippen molar-refractivity contribution in [2.24, 2.45) is 0 Å². The average Bonchev–Trinajstić information content (AvgIpc) is 2.29. The van der Waals surface area contributed by atoms with Crippen LogP contribution in [-0.4, -0.2) is 15.9 Å². The number of hydrogen-bond donors (Lipinski definition) is 1. The molecule has 86 valence electrons. The van der Waals surface area contributed by atoms with Crippen molar-refractivity contribution in [3.8, 4) is 0 Å². The van der Waals surface area contributed by atoms with Crippen LogP contribution < -0.4 is 5.32 Å². The summed E-state index contributed by atoms with van der Waals surface area (Å²) < 4.78 is 0. The minimum atomic E-state index is -0.199. The molecule has 0 spiro atoms. The van der Waals surface area contributed by atoms with Crippen LogP contribution in [0.5, 0.6) is 0 Å². The van der Waals surface area contributed by atoms with Gasteiger partial charge in [-0.15, -0.1) is 0 Å². The fourth-order valence-corrected chi connectivity index (χ4v) is 1.40. The highest BCUT2D eigenvalue weighted by atomic mass is 16.1. The van der Waals surface area contributed by atoms with E-state index in [0.717, 1.165) is 11.4 Å². The first-order chi connectivity index (χ1) is 8.15. The van der Waals surface area contributed by atoms with E-state index in [9.17, 15) is 4.79 Å². The van der Waals surface area contributed by atoms with Gasteiger partial charge in [0.15, 0.2) is 0 Å². The molecule has 0 aromatic carbocycles. The standard InChI is InChI=1S/C13H13N3O/c1-9-6-7-11(8-14-9)13(17)16-12-5-3-4-10(2)15-12/h3-8H,1-2H3,(H,15,16,17). The predicted octanol–water partition coefficient (Wildman–Crippen LogP) is 2.35. The summed E-state index contributed by atoms with van der Waals surface area (Å²) in [6.07, 6.45) is 1.56. The van der Waals surface area contributed by atoms with E-state index in [2.05, 4.69) is 15.3 Å². The second kappa shape index (κ2) is 4.74. The molecule has 2 aromatic rings. The first kappa shape index (κ1) is 11.3. The summed E-state index contributed by atoms with van der Waals surface area (Å²) in [6.45, 7) is 3.76. The van der Waals surface area contributed by atoms with E-state index in [1.807, 2.05) is 26.0 Å². The number of anilines is 1. The van der Waals surface area contributed by atoms with Gasteiger partial charge >= 0.3 is 0 Å². The molecular formula is C13H13N3O. The van der Waals surface area contributed by atoms with Crippen LogP contribution in [0.4, 0.5) is 5.82 Å². The molecule has 2 aromatic heterocycles. The number of pyridine rings is 2. The maximum atomic E-state index is 11.8. The number of amides is 1. The van der Waals surface area contributed by atoms with E-state index in [1.54, 1.807) is 24.4 Å². The summed E-state index contributed by atoms with van der Waals surface area (Å²) in [5.74, 6) is 0.353. The summed E-state index contributed by atoms with van der Waals surface area (Å²) >= 11 is 0. The van der Waals surface area contributed by atoms with Gasteiger partial charge in [0.2, 0.25) is 0 Å². The largest absolute Gasteiger partial charge is 0.307 e. The Balaban J connectivity index is 2.14. The summed E-state index contributed by atoms with van der Waals surface area (Å²) in [5.41, 5.74) is 2.28. The van der Waals surface area contributed by atoms with Gasteiger partial charge in [-0.3, -0.25) is 9.78 Å². The second-order valence-corrected chi connectivity index (χ2v) is 3.81. The van der Waals surface area contributed by atoms with E-state index in [4.69, 9.17) is 0 Å². The molecule has 0 saturated heterocycles. The van der Waals surface area contributed by atoms with Gasteiger partial charge in [0.25, 0.3) is 5.91 Å². The van der Waals surface area contributed by atoms with Crippen LogP contribution in [-0.2, 0) is 0 Å². The highest BCUT2D eigenvalue weighted by Gasteiger charge is 2.06. The first-order valence-electron chi connectivity index (χ1n) is 5.33. The van der Waals surface area contributed by atoms with E-state index in [-0.39, 0.29) is 5.91 Å². The Labute approximate surface area is 99.7 Å². The molecule has 4 nitrogen and oxygen atoms in total. The van der Waals surface area contributed by atoms with E-state index >= 15 is 0 Å². The lowest BCUT2D eigenvalue weighted by Gasteiger charge is -2.04. The number of nitrogens with one attached hydrogen (secondary N) is 1. The minimum Gasteiger partial charge on any atom is -0.307 e. The number of carbonyl (C=O) groups excluding carboxylic acids is 1. The van der Waals surface area contributed by atoms with Crippen LogP contribution >= 0.6 is 0 Å². The number of aryl methyl sites for hydroxylation is 2. The van der Waals surface area contributed by atoms with Crippen molar-refractivity contribution in [2.75, 3.05) is 5.32 Å². The first-order valence-corrected chi connectivity index (χ1v) is 5.33. The van der Waals surface area contributed by atoms with Gasteiger partial charge in [0, 0.05) is 17.6 Å². The zero-order valence-electron chi connectivity index (χ0n) is 9.77. The molecule has 0 bridgehead atoms. The van der Waals surface area contributed by atoms with Gasteiger partial charge in [-0.05, 0) is 38.1 Å². The predicted molar refractivity (Wildman–Crippen MR) is 65.9 cm³/mol. The molecule has 2 heterocycles. The van der Waals surface area contributed by atoms with Crippen LogP contribution in [0.3, 0.4) is 0 Å². The lowest BCUT2D eigenvalue weighted by molar-refractivity contribution is 0.102. The van der Waals surface area contributed by atoms with E-state index in [0.29, 0.717) is 11.4 Å². The summed E-state index contributed by atoms with van der Waals surface area (Å²) in [6, 6.07) is 9.03. The quantitative estimate of drug-likeness (QED) is 0.856. The summed E-state index contributed by atoms with van der Waals surface area (Å²) in [5, 5.41) is 2.73. The van der Waals surface area contributed by atoms with Crippen LogP contribution in [0.1, 0.15) is 21.7 Å². The van der Waals surface area contributed by atoms with Gasteiger partial charge in [0.05, 0.1) is 5.56 Å². The molecule has 1 N–H and O–H groups in total. The zero-order chi connectivity index (χ0) is 12.3. The Bertz CT molecular complexity index is 535. The lowest BCUT2D eigenvalue weighted by Crippen LogP contribution is -2.13. The minimum absolute atomic E-state index is 0.199. The van der Waals surface area contributed by atoms with Crippen LogP contribution in [0.15, 0.2) is 36.5 Å². The maximum absolute atomic E-state index is 11.8. The third-order valence-electron chi connectivity index (χ3n) is 2.30. The molecule has 0 aliphatic rings. The van der Waals surface area contributed by atoms with Crippen molar-refractivity contribution in [3.63, 3.8) is 0 Å². The third kappa shape index (κ3) is 2.87. The van der Waals surface area contributed by atoms with Crippen molar-refractivity contribution in [2.45, 2.75) is 13.8 Å². The van der Waals surface area contributed by atoms with E-state index < -0.39 is 0 Å². The molecule has 0 saturated carbocycles. The molecular weight excluding hydrogens is 214 g/mol. The fourth-order valence-electron chi connectivity index (χ4n) is 1.40. The van der Waals surface area contributed by atoms with Gasteiger partial charge in [-0.1, -0.05) is 6.07 Å². The van der Waals surface area contributed by atoms with Gasteiger partial charge < -0.3 is 5.32 Å². The van der Waals surface area contributed by atoms with Crippen LogP contribution in [0, 0.1) is 13.8 Å². The van der Waals surface area contributed by atoms with Crippen molar-refractivity contribution in [1.82, 2.24) is 9.97 Å². The molecule has 0 atom stereocenters. The molecule has 2 rings (SSSR count). The molecule has 0 radical (unpaired) electrons. The number of aromatic nitrogens is 2. The smallest absolute Gasteiger partial charge is 0.258 e. The highest BCUT2D eigenvalue weighted by molar-refractivity contribution is 6.03. The van der Waals surface area contributed by atoms with Crippen molar-refractivity contribution < 1.29 is 4.79 Å². The molecule has 0 fully saturated rings. The normalized spacial score (nSPS) is 10.0. The Morgan fingerprint density at radius 1 is 1.12 bits per heavy atom. The SMILES string of the molecule is Cc1ccc(C(=O)Nc2cccc(C)n2)cn1. The Kier molecular flexibility index (Phi) is 3.14. The molecule has 1 amide bonds. The van der Waals surface area contributed by atoms with Gasteiger partial charge in [-0.25, -0.2) is 4.98 Å². The molecule has 0 aliphatic carbocycles. The molecule has 17 heavy (non-hydrogen) atoms. The number of hydrogen-bond acceptors (Lipinski definition) is 3. The average molecular weight is 227 g/mol. The van der Waals surface area contributed by atoms with Crippen molar-refractivity contribution >= 4 is 11.7 Å². The fraction of sp³-hybridized carbons (Fsp3) is 0.154. The summed E-state index contributed by atoms with van der Waals surface area (Å²) in [4.78, 5) is 20.1. The maximum Gasteiger partial charge on any atom is 0.258 e. The van der Waals surface area contributed by atoms with Crippen LogP contribution in [0.25, 0.3) is 0 Å². The number of nitrogens with zero attached hydrogens (tertiary/aromatic N) is 2. The molecule has 4 heteroatoms. The van der Waals surface area contributed by atoms with Crippen LogP contribution in [0.2, 0.25) is 0 Å². The van der Waals surface area contributed by atoms with Crippen molar-refractivity contribution in [3.05, 3.63) is 53.5 Å². The number of carbonyl (C=O) groups is 1. The van der Waals surface area contributed by atoms with E-state index in [1.165, 1.54) is 0 Å². The van der Waals surface area contributed by atoms with Crippen molar-refractivity contribution in [1.29, 1.82) is 0 Å². The summed E-state index contributed by atoms with van der Waals surface area (Å²) in [7, 11) is 0. The van der Waals surface area contributed by atoms with Gasteiger partial charge in [0.1, 0.15) is 5.82 Å². The topological polar surface area (TPSA) is 54.9 Å². The third-order valence-corrected chi connectivity index (χ3v) is 2.30. The monoisotopic (exact) mass is 227 g/mol. The van der Waals surface area contributed by atoms with Gasteiger partial charge in [-0.2, -0.15) is 0 Å². The highest BCUT2D eigenvalue weighted by Crippen LogP contribution is 2.07. The Morgan fingerprint density at radius 2 is 1.94 bits per heavy atom. The molecule has 0 unspecified atom stereocenters. The second-order valence-electron chi connectivity index (χ2n) is 3.81.